The van der Waals surface area contributed by atoms with E-state index < -0.39 is 10.0 Å². The summed E-state index contributed by atoms with van der Waals surface area (Å²) in [6.45, 7) is 0. The molecule has 2 rings (SSSR count). The SMILES string of the molecule is CS(=O)(=O)Nc1ccc2nccn2c1. The molecule has 6 heteroatoms. The molecule has 2 aromatic heterocycles. The molecule has 14 heavy (non-hydrogen) atoms. The number of anilines is 1. The van der Waals surface area contributed by atoms with Crippen LogP contribution in [-0.4, -0.2) is 24.1 Å². The van der Waals surface area contributed by atoms with Gasteiger partial charge < -0.3 is 4.40 Å². The molecule has 0 aliphatic rings. The zero-order valence-electron chi connectivity index (χ0n) is 7.51. The summed E-state index contributed by atoms with van der Waals surface area (Å²) in [4.78, 5) is 4.04. The van der Waals surface area contributed by atoms with Gasteiger partial charge in [0.2, 0.25) is 10.0 Å². The lowest BCUT2D eigenvalue weighted by molar-refractivity contribution is 0.607. The van der Waals surface area contributed by atoms with Gasteiger partial charge in [-0.15, -0.1) is 0 Å². The Labute approximate surface area is 81.4 Å². The van der Waals surface area contributed by atoms with Crippen LogP contribution in [0, 0.1) is 0 Å². The van der Waals surface area contributed by atoms with Crippen molar-refractivity contribution in [3.05, 3.63) is 30.7 Å². The van der Waals surface area contributed by atoms with E-state index in [1.165, 1.54) is 0 Å². The fourth-order valence-electron chi connectivity index (χ4n) is 1.19. The maximum atomic E-state index is 10.9. The van der Waals surface area contributed by atoms with E-state index in [0.29, 0.717) is 5.69 Å². The van der Waals surface area contributed by atoms with Crippen LogP contribution in [0.5, 0.6) is 0 Å². The van der Waals surface area contributed by atoms with Gasteiger partial charge in [-0.3, -0.25) is 4.72 Å². The van der Waals surface area contributed by atoms with Gasteiger partial charge in [-0.25, -0.2) is 13.4 Å². The lowest BCUT2D eigenvalue weighted by Crippen LogP contribution is -2.09. The number of rotatable bonds is 2. The van der Waals surface area contributed by atoms with Crippen LogP contribution in [0.15, 0.2) is 30.7 Å². The Morgan fingerprint density at radius 1 is 1.43 bits per heavy atom. The van der Waals surface area contributed by atoms with Gasteiger partial charge in [0.25, 0.3) is 0 Å². The highest BCUT2D eigenvalue weighted by molar-refractivity contribution is 7.92. The highest BCUT2D eigenvalue weighted by atomic mass is 32.2. The van der Waals surface area contributed by atoms with Crippen molar-refractivity contribution in [1.82, 2.24) is 9.38 Å². The third-order valence-corrected chi connectivity index (χ3v) is 2.30. The molecule has 0 radical (unpaired) electrons. The maximum Gasteiger partial charge on any atom is 0.229 e. The summed E-state index contributed by atoms with van der Waals surface area (Å²) in [6.07, 6.45) is 6.19. The number of pyridine rings is 1. The van der Waals surface area contributed by atoms with E-state index in [-0.39, 0.29) is 0 Å². The molecule has 0 amide bonds. The molecule has 1 N–H and O–H groups in total. The van der Waals surface area contributed by atoms with Crippen molar-refractivity contribution in [3.63, 3.8) is 0 Å². The predicted molar refractivity (Wildman–Crippen MR) is 53.7 cm³/mol. The molecule has 0 saturated carbocycles. The third kappa shape index (κ3) is 1.85. The Bertz CT molecular complexity index is 559. The van der Waals surface area contributed by atoms with Crippen LogP contribution in [0.1, 0.15) is 0 Å². The summed E-state index contributed by atoms with van der Waals surface area (Å²) in [7, 11) is -3.21. The van der Waals surface area contributed by atoms with Crippen molar-refractivity contribution in [2.24, 2.45) is 0 Å². The smallest absolute Gasteiger partial charge is 0.229 e. The molecule has 0 unspecified atom stereocenters. The topological polar surface area (TPSA) is 63.5 Å². The summed E-state index contributed by atoms with van der Waals surface area (Å²) in [6, 6.07) is 3.41. The number of imidazole rings is 1. The molecule has 74 valence electrons. The van der Waals surface area contributed by atoms with E-state index in [0.717, 1.165) is 11.9 Å². The van der Waals surface area contributed by atoms with Gasteiger partial charge in [-0.2, -0.15) is 0 Å². The van der Waals surface area contributed by atoms with Crippen molar-refractivity contribution >= 4 is 21.4 Å². The molecule has 0 aromatic carbocycles. The lowest BCUT2D eigenvalue weighted by atomic mass is 10.4. The van der Waals surface area contributed by atoms with Crippen LogP contribution in [0.2, 0.25) is 0 Å². The molecule has 5 nitrogen and oxygen atoms in total. The third-order valence-electron chi connectivity index (χ3n) is 1.69. The zero-order chi connectivity index (χ0) is 10.2. The van der Waals surface area contributed by atoms with Crippen LogP contribution in [0.25, 0.3) is 5.65 Å². The zero-order valence-corrected chi connectivity index (χ0v) is 8.32. The average molecular weight is 211 g/mol. The second kappa shape index (κ2) is 2.98. The summed E-state index contributed by atoms with van der Waals surface area (Å²) in [5.74, 6) is 0. The van der Waals surface area contributed by atoms with Gasteiger partial charge in [0.1, 0.15) is 5.65 Å². The number of nitrogens with zero attached hydrogens (tertiary/aromatic N) is 2. The van der Waals surface area contributed by atoms with E-state index in [1.54, 1.807) is 35.1 Å². The minimum atomic E-state index is -3.21. The van der Waals surface area contributed by atoms with E-state index in [1.807, 2.05) is 0 Å². The standard InChI is InChI=1S/C8H9N3O2S/c1-14(12,13)10-7-2-3-8-9-4-5-11(8)6-7/h2-6,10H,1H3. The van der Waals surface area contributed by atoms with Crippen molar-refractivity contribution < 1.29 is 8.42 Å². The van der Waals surface area contributed by atoms with Gasteiger partial charge >= 0.3 is 0 Å². The quantitative estimate of drug-likeness (QED) is 0.795. The predicted octanol–water partition coefficient (Wildman–Crippen LogP) is 0.706. The summed E-state index contributed by atoms with van der Waals surface area (Å²) < 4.78 is 26.0. The molecule has 0 saturated heterocycles. The largest absolute Gasteiger partial charge is 0.305 e. The van der Waals surface area contributed by atoms with Crippen LogP contribution in [0.3, 0.4) is 0 Å². The van der Waals surface area contributed by atoms with E-state index >= 15 is 0 Å². The second-order valence-corrected chi connectivity index (χ2v) is 4.73. The first-order valence-electron chi connectivity index (χ1n) is 3.95. The minimum Gasteiger partial charge on any atom is -0.305 e. The first kappa shape index (κ1) is 9.01. The van der Waals surface area contributed by atoms with Crippen LogP contribution in [0.4, 0.5) is 5.69 Å². The highest BCUT2D eigenvalue weighted by Gasteiger charge is 2.02. The second-order valence-electron chi connectivity index (χ2n) is 2.98. The van der Waals surface area contributed by atoms with Gasteiger partial charge in [0.15, 0.2) is 0 Å². The van der Waals surface area contributed by atoms with E-state index in [4.69, 9.17) is 0 Å². The lowest BCUT2D eigenvalue weighted by Gasteiger charge is -2.03. The number of aromatic nitrogens is 2. The van der Waals surface area contributed by atoms with Crippen molar-refractivity contribution in [2.75, 3.05) is 11.0 Å². The van der Waals surface area contributed by atoms with Gasteiger partial charge in [0.05, 0.1) is 11.9 Å². The molecule has 2 heterocycles. The number of fused-ring (bicyclic) bond motifs is 1. The first-order chi connectivity index (χ1) is 6.54. The Hall–Kier alpha value is -1.56. The molecule has 0 atom stereocenters. The first-order valence-corrected chi connectivity index (χ1v) is 5.84. The van der Waals surface area contributed by atoms with E-state index in [9.17, 15) is 8.42 Å². The number of sulfonamides is 1. The van der Waals surface area contributed by atoms with Crippen LogP contribution >= 0.6 is 0 Å². The van der Waals surface area contributed by atoms with Gasteiger partial charge in [0, 0.05) is 18.6 Å². The molecular weight excluding hydrogens is 202 g/mol. The molecule has 0 fully saturated rings. The summed E-state index contributed by atoms with van der Waals surface area (Å²) in [5.41, 5.74) is 1.31. The maximum absolute atomic E-state index is 10.9. The number of hydrogen-bond acceptors (Lipinski definition) is 3. The van der Waals surface area contributed by atoms with Crippen LogP contribution < -0.4 is 4.72 Å². The van der Waals surface area contributed by atoms with E-state index in [2.05, 4.69) is 9.71 Å². The van der Waals surface area contributed by atoms with Crippen molar-refractivity contribution in [3.8, 4) is 0 Å². The summed E-state index contributed by atoms with van der Waals surface area (Å²) >= 11 is 0. The molecule has 2 aromatic rings. The Morgan fingerprint density at radius 3 is 2.93 bits per heavy atom. The van der Waals surface area contributed by atoms with Crippen LogP contribution in [-0.2, 0) is 10.0 Å². The molecular formula is C8H9N3O2S. The summed E-state index contributed by atoms with van der Waals surface area (Å²) in [5, 5.41) is 0. The molecule has 0 aliphatic heterocycles. The Balaban J connectivity index is 2.44. The number of hydrogen-bond donors (Lipinski definition) is 1. The highest BCUT2D eigenvalue weighted by Crippen LogP contribution is 2.10. The minimum absolute atomic E-state index is 0.526. The van der Waals surface area contributed by atoms with Crippen molar-refractivity contribution in [1.29, 1.82) is 0 Å². The average Bonchev–Trinajstić information content (AvgIpc) is 2.47. The monoisotopic (exact) mass is 211 g/mol. The normalized spacial score (nSPS) is 11.8. The molecule has 0 aliphatic carbocycles. The van der Waals surface area contributed by atoms with Gasteiger partial charge in [-0.1, -0.05) is 0 Å². The molecule has 0 spiro atoms. The van der Waals surface area contributed by atoms with Crippen molar-refractivity contribution in [2.45, 2.75) is 0 Å². The van der Waals surface area contributed by atoms with Gasteiger partial charge in [-0.05, 0) is 12.1 Å². The fourth-order valence-corrected chi connectivity index (χ4v) is 1.74. The molecule has 0 bridgehead atoms. The Kier molecular flexibility index (Phi) is 1.92. The number of nitrogens with one attached hydrogen (secondary N) is 1. The fraction of sp³-hybridized carbons (Fsp3) is 0.125. The Morgan fingerprint density at radius 2 is 2.21 bits per heavy atom.